The summed E-state index contributed by atoms with van der Waals surface area (Å²) in [5, 5.41) is 48.1. The molecule has 166 valence electrons. The third-order valence-electron chi connectivity index (χ3n) is 7.31. The molecule has 0 fully saturated rings. The fourth-order valence-electron chi connectivity index (χ4n) is 5.75. The highest BCUT2D eigenvalue weighted by Crippen LogP contribution is 2.41. The van der Waals surface area contributed by atoms with Gasteiger partial charge in [-0.25, -0.2) is 0 Å². The van der Waals surface area contributed by atoms with Gasteiger partial charge in [-0.3, -0.25) is 0 Å². The van der Waals surface area contributed by atoms with E-state index >= 15 is 0 Å². The van der Waals surface area contributed by atoms with Crippen molar-refractivity contribution in [1.82, 2.24) is 4.40 Å². The van der Waals surface area contributed by atoms with Gasteiger partial charge in [-0.05, 0) is 28.3 Å². The van der Waals surface area contributed by atoms with Crippen molar-refractivity contribution < 1.29 is 0 Å². The molecule has 0 unspecified atom stereocenters. The Bertz CT molecular complexity index is 2350. The van der Waals surface area contributed by atoms with E-state index in [1.165, 1.54) is 0 Å². The zero-order valence-corrected chi connectivity index (χ0v) is 19.2. The Kier molecular flexibility index (Phi) is 4.05. The largest absolute Gasteiger partial charge is 0.315 e. The zero-order valence-electron chi connectivity index (χ0n) is 19.2. The second-order valence-corrected chi connectivity index (χ2v) is 9.01. The third kappa shape index (κ3) is 2.53. The van der Waals surface area contributed by atoms with Crippen LogP contribution in [0, 0.1) is 45.3 Å². The van der Waals surface area contributed by atoms with Gasteiger partial charge in [-0.1, -0.05) is 60.7 Å². The number of rotatable bonds is 0. The molecule has 0 spiro atoms. The van der Waals surface area contributed by atoms with Crippen LogP contribution in [-0.4, -0.2) is 4.40 Å². The fourth-order valence-corrected chi connectivity index (χ4v) is 5.75. The molecule has 0 aliphatic carbocycles. The molecular formula is C32H13N5. The summed E-state index contributed by atoms with van der Waals surface area (Å²) >= 11 is 0. The first-order chi connectivity index (χ1) is 18.2. The van der Waals surface area contributed by atoms with Crippen LogP contribution in [-0.2, 0) is 0 Å². The average molecular weight is 467 g/mol. The van der Waals surface area contributed by atoms with Crippen LogP contribution in [0.2, 0.25) is 0 Å². The van der Waals surface area contributed by atoms with Crippen molar-refractivity contribution in [3.63, 3.8) is 0 Å². The topological polar surface area (TPSA) is 99.6 Å². The summed E-state index contributed by atoms with van der Waals surface area (Å²) in [6, 6.07) is 32.7. The Labute approximate surface area is 210 Å². The standard InChI is InChI=1S/C32H13N5/c33-13-26-23-11-25-22-10-9-18-5-1-3-7-20(18)31(22)32-21-8-4-2-6-19(21)17-37(32)30(25)12-24(23)27(14-34)29(16-36)28(26)15-35/h1-12,17H. The van der Waals surface area contributed by atoms with E-state index < -0.39 is 0 Å². The molecule has 37 heavy (non-hydrogen) atoms. The van der Waals surface area contributed by atoms with Gasteiger partial charge in [0.1, 0.15) is 24.3 Å². The molecule has 2 aromatic heterocycles. The molecule has 5 heteroatoms. The Morgan fingerprint density at radius 3 is 1.76 bits per heavy atom. The molecule has 0 amide bonds. The van der Waals surface area contributed by atoms with Crippen LogP contribution in [0.1, 0.15) is 22.3 Å². The lowest BCUT2D eigenvalue weighted by atomic mass is 9.89. The SMILES string of the molecule is N#Cc1c(C#N)c(C#N)c2cc3c(cc2c1C#N)c1ccc2ccccc2c1c1c2ccccc2cn31. The van der Waals surface area contributed by atoms with E-state index in [9.17, 15) is 21.0 Å². The molecule has 0 aliphatic rings. The van der Waals surface area contributed by atoms with Crippen molar-refractivity contribution in [1.29, 1.82) is 21.0 Å². The molecule has 7 rings (SSSR count). The summed E-state index contributed by atoms with van der Waals surface area (Å²) in [4.78, 5) is 0. The maximum absolute atomic E-state index is 10.0. The van der Waals surface area contributed by atoms with Gasteiger partial charge in [0.05, 0.1) is 33.3 Å². The van der Waals surface area contributed by atoms with Crippen LogP contribution in [0.25, 0.3) is 59.5 Å². The summed E-state index contributed by atoms with van der Waals surface area (Å²) in [5.41, 5.74) is 2.02. The molecular weight excluding hydrogens is 454 g/mol. The predicted octanol–water partition coefficient (Wildman–Crippen LogP) is 7.19. The number of pyridine rings is 1. The normalized spacial score (nSPS) is 11.1. The van der Waals surface area contributed by atoms with Gasteiger partial charge in [-0.2, -0.15) is 21.0 Å². The lowest BCUT2D eigenvalue weighted by Crippen LogP contribution is -1.99. The van der Waals surface area contributed by atoms with Gasteiger partial charge in [0.2, 0.25) is 0 Å². The number of nitriles is 4. The van der Waals surface area contributed by atoms with Crippen molar-refractivity contribution in [2.24, 2.45) is 0 Å². The molecule has 0 radical (unpaired) electrons. The highest BCUT2D eigenvalue weighted by atomic mass is 14.9. The van der Waals surface area contributed by atoms with Crippen molar-refractivity contribution in [2.45, 2.75) is 0 Å². The van der Waals surface area contributed by atoms with Crippen molar-refractivity contribution in [3.05, 3.63) is 101 Å². The van der Waals surface area contributed by atoms with Crippen LogP contribution in [0.5, 0.6) is 0 Å². The average Bonchev–Trinajstić information content (AvgIpc) is 3.34. The highest BCUT2D eigenvalue weighted by Gasteiger charge is 2.22. The van der Waals surface area contributed by atoms with Crippen molar-refractivity contribution >= 4 is 59.5 Å². The van der Waals surface area contributed by atoms with E-state index in [1.807, 2.05) is 48.5 Å². The second-order valence-electron chi connectivity index (χ2n) is 9.01. The molecule has 2 heterocycles. The van der Waals surface area contributed by atoms with E-state index in [-0.39, 0.29) is 22.3 Å². The van der Waals surface area contributed by atoms with Crippen molar-refractivity contribution in [3.8, 4) is 24.3 Å². The number of hydrogen-bond acceptors (Lipinski definition) is 4. The maximum Gasteiger partial charge on any atom is 0.102 e. The molecule has 7 aromatic rings. The summed E-state index contributed by atoms with van der Waals surface area (Å²) < 4.78 is 2.14. The molecule has 5 nitrogen and oxygen atoms in total. The Morgan fingerprint density at radius 1 is 0.486 bits per heavy atom. The van der Waals surface area contributed by atoms with Crippen LogP contribution in [0.4, 0.5) is 0 Å². The lowest BCUT2D eigenvalue weighted by molar-refractivity contribution is 1.30. The van der Waals surface area contributed by atoms with Gasteiger partial charge in [0.15, 0.2) is 0 Å². The monoisotopic (exact) mass is 467 g/mol. The van der Waals surface area contributed by atoms with Crippen LogP contribution in [0.15, 0.2) is 79.0 Å². The number of benzene rings is 5. The van der Waals surface area contributed by atoms with E-state index in [0.717, 1.165) is 48.7 Å². The summed E-state index contributed by atoms with van der Waals surface area (Å²) in [6.07, 6.45) is 2.09. The van der Waals surface area contributed by atoms with Crippen LogP contribution in [0.3, 0.4) is 0 Å². The summed E-state index contributed by atoms with van der Waals surface area (Å²) in [5.74, 6) is 0. The number of hydrogen-bond donors (Lipinski definition) is 0. The number of nitrogens with zero attached hydrogens (tertiary/aromatic N) is 5. The third-order valence-corrected chi connectivity index (χ3v) is 7.31. The minimum Gasteiger partial charge on any atom is -0.315 e. The van der Waals surface area contributed by atoms with E-state index in [2.05, 4.69) is 59.1 Å². The molecule has 0 saturated carbocycles. The van der Waals surface area contributed by atoms with Gasteiger partial charge >= 0.3 is 0 Å². The zero-order chi connectivity index (χ0) is 25.3. The number of fused-ring (bicyclic) bond motifs is 11. The molecule has 5 aromatic carbocycles. The lowest BCUT2D eigenvalue weighted by Gasteiger charge is -2.15. The maximum atomic E-state index is 10.0. The van der Waals surface area contributed by atoms with Gasteiger partial charge in [-0.15, -0.1) is 0 Å². The molecule has 0 aliphatic heterocycles. The van der Waals surface area contributed by atoms with Crippen LogP contribution < -0.4 is 0 Å². The first-order valence-corrected chi connectivity index (χ1v) is 11.6. The minimum atomic E-state index is -0.0610. The minimum absolute atomic E-state index is 0.0593. The van der Waals surface area contributed by atoms with E-state index in [0.29, 0.717) is 10.8 Å². The summed E-state index contributed by atoms with van der Waals surface area (Å²) in [7, 11) is 0. The summed E-state index contributed by atoms with van der Waals surface area (Å²) in [6.45, 7) is 0. The second kappa shape index (κ2) is 7.31. The first-order valence-electron chi connectivity index (χ1n) is 11.6. The van der Waals surface area contributed by atoms with Gasteiger partial charge in [0, 0.05) is 38.5 Å². The molecule has 0 N–H and O–H groups in total. The van der Waals surface area contributed by atoms with Crippen molar-refractivity contribution in [2.75, 3.05) is 0 Å². The van der Waals surface area contributed by atoms with E-state index in [4.69, 9.17) is 0 Å². The van der Waals surface area contributed by atoms with Crippen LogP contribution >= 0.6 is 0 Å². The van der Waals surface area contributed by atoms with Gasteiger partial charge < -0.3 is 4.40 Å². The fraction of sp³-hybridized carbons (Fsp3) is 0. The molecule has 0 bridgehead atoms. The Hall–Kier alpha value is -5.88. The molecule has 0 saturated heterocycles. The Balaban J connectivity index is 1.87. The molecule has 0 atom stereocenters. The van der Waals surface area contributed by atoms with Gasteiger partial charge in [0.25, 0.3) is 0 Å². The first kappa shape index (κ1) is 20.5. The Morgan fingerprint density at radius 2 is 1.08 bits per heavy atom. The number of aromatic nitrogens is 1. The predicted molar refractivity (Wildman–Crippen MR) is 144 cm³/mol. The van der Waals surface area contributed by atoms with E-state index in [1.54, 1.807) is 0 Å². The quantitative estimate of drug-likeness (QED) is 0.174. The smallest absolute Gasteiger partial charge is 0.102 e. The highest BCUT2D eigenvalue weighted by molar-refractivity contribution is 6.28.